The van der Waals surface area contributed by atoms with Gasteiger partial charge in [-0.15, -0.1) is 11.6 Å². The summed E-state index contributed by atoms with van der Waals surface area (Å²) >= 11 is 5.68. The molecule has 0 amide bonds. The van der Waals surface area contributed by atoms with Crippen LogP contribution < -0.4 is 14.8 Å². The van der Waals surface area contributed by atoms with E-state index in [9.17, 15) is 0 Å². The van der Waals surface area contributed by atoms with Gasteiger partial charge in [0.05, 0.1) is 7.11 Å². The van der Waals surface area contributed by atoms with Crippen LogP contribution in [-0.2, 0) is 0 Å². The molecule has 1 unspecified atom stereocenters. The van der Waals surface area contributed by atoms with Crippen LogP contribution in [0.15, 0.2) is 24.3 Å². The van der Waals surface area contributed by atoms with Gasteiger partial charge in [0.25, 0.3) is 0 Å². The first-order valence-electron chi connectivity index (χ1n) is 6.29. The van der Waals surface area contributed by atoms with E-state index in [2.05, 4.69) is 12.2 Å². The maximum atomic E-state index is 5.68. The van der Waals surface area contributed by atoms with Gasteiger partial charge in [-0.05, 0) is 43.1 Å². The van der Waals surface area contributed by atoms with E-state index in [0.29, 0.717) is 12.5 Å². The second-order valence-electron chi connectivity index (χ2n) is 4.31. The van der Waals surface area contributed by atoms with E-state index in [1.54, 1.807) is 7.11 Å². The number of methoxy groups -OCH3 is 1. The molecule has 0 saturated heterocycles. The van der Waals surface area contributed by atoms with Crippen molar-refractivity contribution < 1.29 is 9.47 Å². The molecule has 4 heteroatoms. The molecular weight excluding hydrogens is 250 g/mol. The van der Waals surface area contributed by atoms with Gasteiger partial charge in [0.1, 0.15) is 18.1 Å². The van der Waals surface area contributed by atoms with Crippen LogP contribution in [0.2, 0.25) is 0 Å². The number of rotatable bonds is 9. The number of ether oxygens (including phenoxy) is 2. The molecule has 1 atom stereocenters. The fourth-order valence-electron chi connectivity index (χ4n) is 1.55. The Labute approximate surface area is 114 Å². The summed E-state index contributed by atoms with van der Waals surface area (Å²) in [6.07, 6.45) is 1.05. The third-order valence-corrected chi connectivity index (χ3v) is 2.92. The standard InChI is InChI=1S/C14H22ClNO2/c1-12(7-8-15)11-16-9-10-18-14-5-3-13(17-2)4-6-14/h3-6,12,16H,7-11H2,1-2H3. The molecule has 0 aromatic heterocycles. The Kier molecular flexibility index (Phi) is 7.62. The van der Waals surface area contributed by atoms with E-state index in [4.69, 9.17) is 21.1 Å². The molecule has 0 aliphatic heterocycles. The lowest BCUT2D eigenvalue weighted by atomic mass is 10.1. The van der Waals surface area contributed by atoms with Crippen molar-refractivity contribution in [3.63, 3.8) is 0 Å². The molecule has 1 aromatic carbocycles. The van der Waals surface area contributed by atoms with Crippen molar-refractivity contribution in [1.29, 1.82) is 0 Å². The fourth-order valence-corrected chi connectivity index (χ4v) is 1.92. The van der Waals surface area contributed by atoms with Crippen LogP contribution in [0.25, 0.3) is 0 Å². The summed E-state index contributed by atoms with van der Waals surface area (Å²) in [7, 11) is 1.65. The molecule has 0 aliphatic rings. The van der Waals surface area contributed by atoms with Gasteiger partial charge in [0.15, 0.2) is 0 Å². The zero-order valence-electron chi connectivity index (χ0n) is 11.1. The Hall–Kier alpha value is -0.930. The third-order valence-electron chi connectivity index (χ3n) is 2.70. The molecule has 0 bridgehead atoms. The van der Waals surface area contributed by atoms with Crippen LogP contribution in [0, 0.1) is 5.92 Å². The summed E-state index contributed by atoms with van der Waals surface area (Å²) < 4.78 is 10.7. The normalized spacial score (nSPS) is 12.2. The minimum atomic E-state index is 0.614. The Morgan fingerprint density at radius 2 is 1.89 bits per heavy atom. The van der Waals surface area contributed by atoms with Gasteiger partial charge in [0.2, 0.25) is 0 Å². The van der Waals surface area contributed by atoms with Crippen LogP contribution in [0.4, 0.5) is 0 Å². The maximum Gasteiger partial charge on any atom is 0.119 e. The molecule has 0 aliphatic carbocycles. The summed E-state index contributed by atoms with van der Waals surface area (Å²) in [6.45, 7) is 4.69. The Morgan fingerprint density at radius 1 is 1.22 bits per heavy atom. The largest absolute Gasteiger partial charge is 0.497 e. The Bertz CT molecular complexity index is 316. The molecule has 3 nitrogen and oxygen atoms in total. The summed E-state index contributed by atoms with van der Waals surface area (Å²) in [6, 6.07) is 7.61. The lowest BCUT2D eigenvalue weighted by molar-refractivity contribution is 0.309. The smallest absolute Gasteiger partial charge is 0.119 e. The quantitative estimate of drug-likeness (QED) is 0.553. The second kappa shape index (κ2) is 9.06. The summed E-state index contributed by atoms with van der Waals surface area (Å²) in [5.41, 5.74) is 0. The minimum Gasteiger partial charge on any atom is -0.497 e. The number of alkyl halides is 1. The van der Waals surface area contributed by atoms with Crippen molar-refractivity contribution in [3.8, 4) is 11.5 Å². The summed E-state index contributed by atoms with van der Waals surface area (Å²) in [5, 5.41) is 3.35. The van der Waals surface area contributed by atoms with Crippen molar-refractivity contribution in [2.24, 2.45) is 5.92 Å². The van der Waals surface area contributed by atoms with Crippen molar-refractivity contribution in [1.82, 2.24) is 5.32 Å². The van der Waals surface area contributed by atoms with Crippen molar-refractivity contribution in [2.75, 3.05) is 32.7 Å². The molecule has 1 aromatic rings. The summed E-state index contributed by atoms with van der Waals surface area (Å²) in [5.74, 6) is 3.05. The lowest BCUT2D eigenvalue weighted by Gasteiger charge is -2.11. The van der Waals surface area contributed by atoms with Crippen LogP contribution in [0.5, 0.6) is 11.5 Å². The first-order valence-corrected chi connectivity index (χ1v) is 6.83. The molecule has 0 radical (unpaired) electrons. The number of halogens is 1. The van der Waals surface area contributed by atoms with Crippen molar-refractivity contribution in [3.05, 3.63) is 24.3 Å². The van der Waals surface area contributed by atoms with Crippen LogP contribution in [0.3, 0.4) is 0 Å². The predicted molar refractivity (Wildman–Crippen MR) is 75.9 cm³/mol. The van der Waals surface area contributed by atoms with E-state index in [-0.39, 0.29) is 0 Å². The highest BCUT2D eigenvalue weighted by atomic mass is 35.5. The molecular formula is C14H22ClNO2. The number of hydrogen-bond donors (Lipinski definition) is 1. The van der Waals surface area contributed by atoms with E-state index in [0.717, 1.165) is 36.9 Å². The number of hydrogen-bond acceptors (Lipinski definition) is 3. The highest BCUT2D eigenvalue weighted by molar-refractivity contribution is 6.17. The Balaban J connectivity index is 2.10. The van der Waals surface area contributed by atoms with Gasteiger partial charge < -0.3 is 14.8 Å². The summed E-state index contributed by atoms with van der Waals surface area (Å²) in [4.78, 5) is 0. The maximum absolute atomic E-state index is 5.68. The van der Waals surface area contributed by atoms with Gasteiger partial charge in [0, 0.05) is 12.4 Å². The van der Waals surface area contributed by atoms with Crippen LogP contribution >= 0.6 is 11.6 Å². The first kappa shape index (κ1) is 15.1. The Morgan fingerprint density at radius 3 is 2.50 bits per heavy atom. The van der Waals surface area contributed by atoms with E-state index in [1.807, 2.05) is 24.3 Å². The molecule has 0 saturated carbocycles. The minimum absolute atomic E-state index is 0.614. The molecule has 102 valence electrons. The molecule has 1 rings (SSSR count). The lowest BCUT2D eigenvalue weighted by Crippen LogP contribution is -2.26. The third kappa shape index (κ3) is 6.12. The number of nitrogens with one attached hydrogen (secondary N) is 1. The van der Waals surface area contributed by atoms with E-state index >= 15 is 0 Å². The van der Waals surface area contributed by atoms with Gasteiger partial charge in [-0.25, -0.2) is 0 Å². The monoisotopic (exact) mass is 271 g/mol. The average molecular weight is 272 g/mol. The van der Waals surface area contributed by atoms with E-state index < -0.39 is 0 Å². The zero-order chi connectivity index (χ0) is 13.2. The average Bonchev–Trinajstić information content (AvgIpc) is 2.39. The van der Waals surface area contributed by atoms with Crippen LogP contribution in [-0.4, -0.2) is 32.7 Å². The number of benzene rings is 1. The van der Waals surface area contributed by atoms with Gasteiger partial charge in [-0.3, -0.25) is 0 Å². The highest BCUT2D eigenvalue weighted by Gasteiger charge is 2.00. The topological polar surface area (TPSA) is 30.5 Å². The fraction of sp³-hybridized carbons (Fsp3) is 0.571. The molecule has 1 N–H and O–H groups in total. The van der Waals surface area contributed by atoms with Crippen molar-refractivity contribution >= 4 is 11.6 Å². The van der Waals surface area contributed by atoms with Gasteiger partial charge in [-0.1, -0.05) is 6.92 Å². The molecule has 0 spiro atoms. The van der Waals surface area contributed by atoms with Crippen molar-refractivity contribution in [2.45, 2.75) is 13.3 Å². The van der Waals surface area contributed by atoms with Crippen LogP contribution in [0.1, 0.15) is 13.3 Å². The van der Waals surface area contributed by atoms with Gasteiger partial charge in [-0.2, -0.15) is 0 Å². The molecule has 18 heavy (non-hydrogen) atoms. The predicted octanol–water partition coefficient (Wildman–Crippen LogP) is 2.93. The SMILES string of the molecule is COc1ccc(OCCNCC(C)CCCl)cc1. The molecule has 0 fully saturated rings. The zero-order valence-corrected chi connectivity index (χ0v) is 11.9. The molecule has 0 heterocycles. The van der Waals surface area contributed by atoms with Gasteiger partial charge >= 0.3 is 0 Å². The first-order chi connectivity index (χ1) is 8.76. The highest BCUT2D eigenvalue weighted by Crippen LogP contribution is 2.16. The second-order valence-corrected chi connectivity index (χ2v) is 4.69. The van der Waals surface area contributed by atoms with E-state index in [1.165, 1.54) is 0 Å².